The molecule has 0 saturated heterocycles. The van der Waals surface area contributed by atoms with Gasteiger partial charge in [0.1, 0.15) is 0 Å². The maximum absolute atomic E-state index is 12.6. The van der Waals surface area contributed by atoms with Crippen molar-refractivity contribution in [1.82, 2.24) is 0 Å². The van der Waals surface area contributed by atoms with Crippen LogP contribution < -0.4 is 0 Å². The Balaban J connectivity index is 3.06. The van der Waals surface area contributed by atoms with Gasteiger partial charge in [-0.15, -0.1) is 0 Å². The number of carbonyl (C=O) groups is 4. The van der Waals surface area contributed by atoms with Gasteiger partial charge in [0, 0.05) is 12.0 Å². The highest BCUT2D eigenvalue weighted by Gasteiger charge is 2.50. The first kappa shape index (κ1) is 17.6. The topological polar surface area (TPSA) is 109 Å². The lowest BCUT2D eigenvalue weighted by molar-refractivity contribution is -0.151. The van der Waals surface area contributed by atoms with Crippen molar-refractivity contribution in [3.8, 4) is 0 Å². The van der Waals surface area contributed by atoms with Gasteiger partial charge in [0.15, 0.2) is 17.0 Å². The molecule has 0 heterocycles. The smallest absolute Gasteiger partial charge is 0.325 e. The molecular formula is C16H18O6. The summed E-state index contributed by atoms with van der Waals surface area (Å²) in [5.41, 5.74) is -2.00. The van der Waals surface area contributed by atoms with Crippen molar-refractivity contribution in [3.63, 3.8) is 0 Å². The molecule has 6 heteroatoms. The summed E-state index contributed by atoms with van der Waals surface area (Å²) in [5, 5.41) is 18.1. The van der Waals surface area contributed by atoms with Crippen LogP contribution in [0.1, 0.15) is 43.0 Å². The average molecular weight is 306 g/mol. The Morgan fingerprint density at radius 1 is 1.00 bits per heavy atom. The molecule has 1 aromatic carbocycles. The van der Waals surface area contributed by atoms with Crippen molar-refractivity contribution >= 4 is 23.5 Å². The lowest BCUT2D eigenvalue weighted by atomic mass is 9.73. The minimum atomic E-state index is -2.15. The van der Waals surface area contributed by atoms with E-state index >= 15 is 0 Å². The molecule has 6 nitrogen and oxygen atoms in total. The molecule has 0 aromatic heterocycles. The van der Waals surface area contributed by atoms with Crippen molar-refractivity contribution in [3.05, 3.63) is 35.9 Å². The van der Waals surface area contributed by atoms with Gasteiger partial charge < -0.3 is 10.2 Å². The number of rotatable bonds is 9. The summed E-state index contributed by atoms with van der Waals surface area (Å²) in [4.78, 5) is 46.6. The Bertz CT molecular complexity index is 562. The number of unbranched alkanes of at least 4 members (excludes halogenated alkanes) is 1. The predicted octanol–water partition coefficient (Wildman–Crippen LogP) is 2.17. The molecule has 2 N–H and O–H groups in total. The van der Waals surface area contributed by atoms with E-state index < -0.39 is 28.9 Å². The van der Waals surface area contributed by atoms with Crippen LogP contribution in [-0.4, -0.2) is 33.7 Å². The normalized spacial score (nSPS) is 13.1. The Labute approximate surface area is 127 Å². The summed E-state index contributed by atoms with van der Waals surface area (Å²) in [6, 6.07) is 7.77. The van der Waals surface area contributed by atoms with Crippen molar-refractivity contribution < 1.29 is 29.4 Å². The zero-order valence-corrected chi connectivity index (χ0v) is 12.2. The molecular weight excluding hydrogens is 288 g/mol. The van der Waals surface area contributed by atoms with Crippen LogP contribution in [0.2, 0.25) is 0 Å². The van der Waals surface area contributed by atoms with Crippen molar-refractivity contribution in [2.45, 2.75) is 32.6 Å². The van der Waals surface area contributed by atoms with Crippen LogP contribution in [0.3, 0.4) is 0 Å². The van der Waals surface area contributed by atoms with Gasteiger partial charge in [-0.3, -0.25) is 19.2 Å². The molecule has 0 fully saturated rings. The monoisotopic (exact) mass is 306 g/mol. The van der Waals surface area contributed by atoms with E-state index in [1.54, 1.807) is 18.2 Å². The molecule has 0 aliphatic heterocycles. The van der Waals surface area contributed by atoms with Crippen molar-refractivity contribution in [1.29, 1.82) is 0 Å². The molecule has 1 atom stereocenters. The number of ketones is 2. The fraction of sp³-hybridized carbons (Fsp3) is 0.375. The van der Waals surface area contributed by atoms with Crippen LogP contribution >= 0.6 is 0 Å². The largest absolute Gasteiger partial charge is 0.481 e. The highest BCUT2D eigenvalue weighted by atomic mass is 16.4. The van der Waals surface area contributed by atoms with E-state index in [1.165, 1.54) is 12.1 Å². The van der Waals surface area contributed by atoms with Crippen LogP contribution in [0.25, 0.3) is 0 Å². The summed E-state index contributed by atoms with van der Waals surface area (Å²) in [5.74, 6) is -4.00. The molecule has 0 saturated carbocycles. The number of hydrogen-bond acceptors (Lipinski definition) is 4. The number of benzene rings is 1. The second-order valence-electron chi connectivity index (χ2n) is 5.06. The van der Waals surface area contributed by atoms with E-state index in [0.29, 0.717) is 0 Å². The van der Waals surface area contributed by atoms with E-state index in [0.717, 1.165) is 6.92 Å². The average Bonchev–Trinajstić information content (AvgIpc) is 2.46. The summed E-state index contributed by atoms with van der Waals surface area (Å²) in [6.45, 7) is 1.08. The quantitative estimate of drug-likeness (QED) is 0.411. The van der Waals surface area contributed by atoms with Crippen LogP contribution in [-0.2, 0) is 14.4 Å². The fourth-order valence-corrected chi connectivity index (χ4v) is 2.31. The van der Waals surface area contributed by atoms with Gasteiger partial charge >= 0.3 is 11.9 Å². The van der Waals surface area contributed by atoms with Gasteiger partial charge in [-0.2, -0.15) is 0 Å². The van der Waals surface area contributed by atoms with Crippen LogP contribution in [0.5, 0.6) is 0 Å². The lowest BCUT2D eigenvalue weighted by Crippen LogP contribution is -2.45. The third-order valence-electron chi connectivity index (χ3n) is 3.58. The molecule has 1 rings (SSSR count). The SMILES string of the molecule is CC(=O)C(CCCCC(=O)O)(C(=O)O)C(=O)c1ccccc1. The number of Topliss-reactive ketones (excluding diaryl/α,β-unsaturated/α-hetero) is 2. The van der Waals surface area contributed by atoms with Crippen molar-refractivity contribution in [2.75, 3.05) is 0 Å². The zero-order valence-electron chi connectivity index (χ0n) is 12.2. The first-order chi connectivity index (χ1) is 10.3. The number of carboxylic acids is 2. The van der Waals surface area contributed by atoms with E-state index in [1.807, 2.05) is 0 Å². The Morgan fingerprint density at radius 2 is 1.59 bits per heavy atom. The second kappa shape index (κ2) is 7.49. The highest BCUT2D eigenvalue weighted by molar-refractivity contribution is 6.26. The molecule has 0 spiro atoms. The molecule has 0 amide bonds. The summed E-state index contributed by atoms with van der Waals surface area (Å²) in [6.07, 6.45) is 0.0300. The summed E-state index contributed by atoms with van der Waals surface area (Å²) >= 11 is 0. The summed E-state index contributed by atoms with van der Waals surface area (Å²) in [7, 11) is 0. The third kappa shape index (κ3) is 3.78. The van der Waals surface area contributed by atoms with Gasteiger partial charge in [-0.25, -0.2) is 0 Å². The van der Waals surface area contributed by atoms with E-state index in [2.05, 4.69) is 0 Å². The molecule has 1 unspecified atom stereocenters. The number of carboxylic acid groups (broad SMARTS) is 2. The third-order valence-corrected chi connectivity index (χ3v) is 3.58. The summed E-state index contributed by atoms with van der Waals surface area (Å²) < 4.78 is 0. The number of carbonyl (C=O) groups excluding carboxylic acids is 2. The molecule has 22 heavy (non-hydrogen) atoms. The fourth-order valence-electron chi connectivity index (χ4n) is 2.31. The maximum Gasteiger partial charge on any atom is 0.325 e. The first-order valence-corrected chi connectivity index (χ1v) is 6.88. The molecule has 118 valence electrons. The zero-order chi connectivity index (χ0) is 16.8. The molecule has 0 radical (unpaired) electrons. The number of aliphatic carboxylic acids is 2. The van der Waals surface area contributed by atoms with Gasteiger partial charge in [-0.05, 0) is 19.8 Å². The van der Waals surface area contributed by atoms with Gasteiger partial charge in [0.25, 0.3) is 0 Å². The minimum absolute atomic E-state index is 0.132. The van der Waals surface area contributed by atoms with Crippen LogP contribution in [0.15, 0.2) is 30.3 Å². The highest BCUT2D eigenvalue weighted by Crippen LogP contribution is 2.31. The van der Waals surface area contributed by atoms with Gasteiger partial charge in [0.2, 0.25) is 0 Å². The van der Waals surface area contributed by atoms with E-state index in [9.17, 15) is 24.3 Å². The van der Waals surface area contributed by atoms with Crippen LogP contribution in [0.4, 0.5) is 0 Å². The second-order valence-corrected chi connectivity index (χ2v) is 5.06. The van der Waals surface area contributed by atoms with Crippen LogP contribution in [0, 0.1) is 5.41 Å². The van der Waals surface area contributed by atoms with Crippen molar-refractivity contribution in [2.24, 2.45) is 5.41 Å². The van der Waals surface area contributed by atoms with Gasteiger partial charge in [-0.1, -0.05) is 36.8 Å². The Hall–Kier alpha value is -2.50. The predicted molar refractivity (Wildman–Crippen MR) is 77.6 cm³/mol. The molecule has 1 aromatic rings. The van der Waals surface area contributed by atoms with E-state index in [-0.39, 0.29) is 31.2 Å². The lowest BCUT2D eigenvalue weighted by Gasteiger charge is -2.25. The molecule has 0 aliphatic carbocycles. The standard InChI is InChI=1S/C16H18O6/c1-11(17)16(15(21)22,10-6-5-9-13(18)19)14(20)12-7-3-2-4-8-12/h2-4,7-8H,5-6,9-10H2,1H3,(H,18,19)(H,21,22). The van der Waals surface area contributed by atoms with Gasteiger partial charge in [0.05, 0.1) is 0 Å². The minimum Gasteiger partial charge on any atom is -0.481 e. The number of hydrogen-bond donors (Lipinski definition) is 2. The maximum atomic E-state index is 12.6. The van der Waals surface area contributed by atoms with E-state index in [4.69, 9.17) is 5.11 Å². The Kier molecular flexibility index (Phi) is 5.98. The molecule has 0 bridgehead atoms. The first-order valence-electron chi connectivity index (χ1n) is 6.88. The molecule has 0 aliphatic rings. The Morgan fingerprint density at radius 3 is 2.05 bits per heavy atom.